The van der Waals surface area contributed by atoms with Crippen LogP contribution in [0.1, 0.15) is 17.4 Å². The van der Waals surface area contributed by atoms with Crippen LogP contribution < -0.4 is 5.32 Å². The molecule has 1 atom stereocenters. The van der Waals surface area contributed by atoms with Gasteiger partial charge in [-0.3, -0.25) is 0 Å². The van der Waals surface area contributed by atoms with Crippen LogP contribution in [-0.4, -0.2) is 7.05 Å². The van der Waals surface area contributed by atoms with Crippen molar-refractivity contribution in [2.75, 3.05) is 7.05 Å². The van der Waals surface area contributed by atoms with Gasteiger partial charge in [0.2, 0.25) is 0 Å². The topological polar surface area (TPSA) is 25.2 Å². The number of fused-ring (bicyclic) bond motifs is 1. The monoisotopic (exact) mass is 307 g/mol. The minimum atomic E-state index is -0.577. The molecule has 1 unspecified atom stereocenters. The Labute approximate surface area is 125 Å². The second-order valence-corrected chi connectivity index (χ2v) is 5.15. The summed E-state index contributed by atoms with van der Waals surface area (Å²) < 4.78 is 33.0. The lowest BCUT2D eigenvalue weighted by Gasteiger charge is -2.14. The Bertz CT molecular complexity index is 800. The molecule has 0 aliphatic carbocycles. The van der Waals surface area contributed by atoms with Crippen molar-refractivity contribution in [3.63, 3.8) is 0 Å². The maximum Gasteiger partial charge on any atom is 0.134 e. The van der Waals surface area contributed by atoms with E-state index in [0.29, 0.717) is 16.4 Å². The Morgan fingerprint density at radius 2 is 1.90 bits per heavy atom. The third-order valence-corrected chi connectivity index (χ3v) is 3.57. The molecule has 0 fully saturated rings. The molecule has 0 spiro atoms. The fourth-order valence-corrected chi connectivity index (χ4v) is 2.54. The summed E-state index contributed by atoms with van der Waals surface area (Å²) in [5.41, 5.74) is 0.842. The van der Waals surface area contributed by atoms with Crippen LogP contribution in [-0.2, 0) is 0 Å². The zero-order valence-corrected chi connectivity index (χ0v) is 11.9. The average Bonchev–Trinajstić information content (AvgIpc) is 2.86. The summed E-state index contributed by atoms with van der Waals surface area (Å²) in [6.45, 7) is 0. The molecule has 108 valence electrons. The van der Waals surface area contributed by atoms with E-state index in [0.717, 1.165) is 23.6 Å². The van der Waals surface area contributed by atoms with Crippen molar-refractivity contribution in [2.45, 2.75) is 6.04 Å². The van der Waals surface area contributed by atoms with Gasteiger partial charge >= 0.3 is 0 Å². The number of nitrogens with one attached hydrogen (secondary N) is 1. The van der Waals surface area contributed by atoms with Gasteiger partial charge < -0.3 is 9.73 Å². The number of rotatable bonds is 3. The van der Waals surface area contributed by atoms with Gasteiger partial charge in [-0.2, -0.15) is 0 Å². The van der Waals surface area contributed by atoms with Crippen LogP contribution in [0.25, 0.3) is 11.0 Å². The van der Waals surface area contributed by atoms with Crippen molar-refractivity contribution in [3.8, 4) is 0 Å². The Balaban J connectivity index is 2.11. The van der Waals surface area contributed by atoms with Gasteiger partial charge in [-0.25, -0.2) is 8.78 Å². The predicted octanol–water partition coefficient (Wildman–Crippen LogP) is 4.67. The van der Waals surface area contributed by atoms with Crippen LogP contribution in [0.4, 0.5) is 8.78 Å². The predicted molar refractivity (Wildman–Crippen MR) is 78.5 cm³/mol. The van der Waals surface area contributed by atoms with Gasteiger partial charge in [0, 0.05) is 16.0 Å². The number of hydrogen-bond acceptors (Lipinski definition) is 2. The highest BCUT2D eigenvalue weighted by Crippen LogP contribution is 2.31. The molecule has 0 radical (unpaired) electrons. The van der Waals surface area contributed by atoms with Gasteiger partial charge in [0.05, 0.1) is 6.04 Å². The standard InChI is InChI=1S/C16H12ClF2NO/c1-20-16(12-8-11(18)3-4-13(12)19)15-7-9-6-10(17)2-5-14(9)21-15/h2-8,16,20H,1H3. The molecule has 0 amide bonds. The van der Waals surface area contributed by atoms with Crippen molar-refractivity contribution in [3.05, 3.63) is 70.4 Å². The molecule has 1 heterocycles. The molecule has 2 nitrogen and oxygen atoms in total. The van der Waals surface area contributed by atoms with Gasteiger partial charge in [0.15, 0.2) is 0 Å². The Morgan fingerprint density at radius 3 is 2.67 bits per heavy atom. The van der Waals surface area contributed by atoms with Crippen molar-refractivity contribution in [1.82, 2.24) is 5.32 Å². The van der Waals surface area contributed by atoms with Crippen LogP contribution in [0, 0.1) is 11.6 Å². The second-order valence-electron chi connectivity index (χ2n) is 4.72. The largest absolute Gasteiger partial charge is 0.459 e. The molecule has 0 bridgehead atoms. The van der Waals surface area contributed by atoms with Crippen molar-refractivity contribution in [1.29, 1.82) is 0 Å². The molecule has 1 N–H and O–H groups in total. The van der Waals surface area contributed by atoms with E-state index in [1.807, 2.05) is 0 Å². The summed E-state index contributed by atoms with van der Waals surface area (Å²) in [5, 5.41) is 4.35. The molecular formula is C16H12ClF2NO. The summed E-state index contributed by atoms with van der Waals surface area (Å²) in [4.78, 5) is 0. The molecule has 2 aromatic carbocycles. The van der Waals surface area contributed by atoms with Crippen molar-refractivity contribution >= 4 is 22.6 Å². The van der Waals surface area contributed by atoms with E-state index in [1.54, 1.807) is 31.3 Å². The van der Waals surface area contributed by atoms with E-state index >= 15 is 0 Å². The first-order valence-electron chi connectivity index (χ1n) is 6.39. The average molecular weight is 308 g/mol. The molecule has 3 aromatic rings. The first-order chi connectivity index (χ1) is 10.1. The quantitative estimate of drug-likeness (QED) is 0.760. The SMILES string of the molecule is CNC(c1cc2cc(Cl)ccc2o1)c1cc(F)ccc1F. The molecule has 0 aliphatic heterocycles. The van der Waals surface area contributed by atoms with Gasteiger partial charge in [-0.05, 0) is 49.5 Å². The van der Waals surface area contributed by atoms with Crippen LogP contribution >= 0.6 is 11.6 Å². The Kier molecular flexibility index (Phi) is 3.66. The summed E-state index contributed by atoms with van der Waals surface area (Å²) >= 11 is 5.94. The molecular weight excluding hydrogens is 296 g/mol. The highest BCUT2D eigenvalue weighted by atomic mass is 35.5. The number of benzene rings is 2. The van der Waals surface area contributed by atoms with Crippen molar-refractivity contribution in [2.24, 2.45) is 0 Å². The second kappa shape index (κ2) is 5.47. The van der Waals surface area contributed by atoms with E-state index in [1.165, 1.54) is 0 Å². The lowest BCUT2D eigenvalue weighted by Crippen LogP contribution is -2.18. The Morgan fingerprint density at radius 1 is 1.10 bits per heavy atom. The number of furan rings is 1. The van der Waals surface area contributed by atoms with Crippen LogP contribution in [0.3, 0.4) is 0 Å². The van der Waals surface area contributed by atoms with Crippen molar-refractivity contribution < 1.29 is 13.2 Å². The summed E-state index contributed by atoms with van der Waals surface area (Å²) in [6, 6.07) is 9.77. The molecule has 1 aromatic heterocycles. The van der Waals surface area contributed by atoms with Crippen LogP contribution in [0.15, 0.2) is 46.9 Å². The van der Waals surface area contributed by atoms with E-state index in [-0.39, 0.29) is 5.56 Å². The van der Waals surface area contributed by atoms with E-state index < -0.39 is 17.7 Å². The molecule has 21 heavy (non-hydrogen) atoms. The van der Waals surface area contributed by atoms with Gasteiger partial charge in [0.25, 0.3) is 0 Å². The minimum Gasteiger partial charge on any atom is -0.459 e. The highest BCUT2D eigenvalue weighted by molar-refractivity contribution is 6.31. The zero-order valence-electron chi connectivity index (χ0n) is 11.2. The van der Waals surface area contributed by atoms with E-state index in [2.05, 4.69) is 5.32 Å². The number of halogens is 3. The maximum atomic E-state index is 13.9. The summed E-state index contributed by atoms with van der Waals surface area (Å²) in [5.74, 6) is -0.487. The molecule has 3 rings (SSSR count). The van der Waals surface area contributed by atoms with E-state index in [4.69, 9.17) is 16.0 Å². The molecule has 5 heteroatoms. The lowest BCUT2D eigenvalue weighted by atomic mass is 10.0. The molecule has 0 aliphatic rings. The van der Waals surface area contributed by atoms with Gasteiger partial charge in [-0.15, -0.1) is 0 Å². The summed E-state index contributed by atoms with van der Waals surface area (Å²) in [6.07, 6.45) is 0. The number of hydrogen-bond donors (Lipinski definition) is 1. The maximum absolute atomic E-state index is 13.9. The fourth-order valence-electron chi connectivity index (χ4n) is 2.36. The van der Waals surface area contributed by atoms with Gasteiger partial charge in [-0.1, -0.05) is 11.6 Å². The molecule has 0 saturated carbocycles. The minimum absolute atomic E-state index is 0.197. The van der Waals surface area contributed by atoms with Gasteiger partial charge in [0.1, 0.15) is 23.0 Å². The fraction of sp³-hybridized carbons (Fsp3) is 0.125. The third kappa shape index (κ3) is 2.64. The molecule has 0 saturated heterocycles. The highest BCUT2D eigenvalue weighted by Gasteiger charge is 2.21. The van der Waals surface area contributed by atoms with Crippen LogP contribution in [0.2, 0.25) is 5.02 Å². The smallest absolute Gasteiger partial charge is 0.134 e. The Hall–Kier alpha value is -1.91. The van der Waals surface area contributed by atoms with Crippen LogP contribution in [0.5, 0.6) is 0 Å². The lowest BCUT2D eigenvalue weighted by molar-refractivity contribution is 0.473. The first kappa shape index (κ1) is 14.0. The van der Waals surface area contributed by atoms with E-state index in [9.17, 15) is 8.78 Å². The zero-order chi connectivity index (χ0) is 15.0. The normalized spacial score (nSPS) is 12.8. The third-order valence-electron chi connectivity index (χ3n) is 3.34. The first-order valence-corrected chi connectivity index (χ1v) is 6.77. The summed E-state index contributed by atoms with van der Waals surface area (Å²) in [7, 11) is 1.66.